The number of aromatic amines is 1. The second kappa shape index (κ2) is 6.37. The zero-order valence-electron chi connectivity index (χ0n) is 15.4. The first-order chi connectivity index (χ1) is 12.1. The van der Waals surface area contributed by atoms with Crippen LogP contribution in [0.4, 0.5) is 4.79 Å². The normalized spacial score (nSPS) is 25.6. The van der Waals surface area contributed by atoms with Crippen LogP contribution in [-0.2, 0) is 6.42 Å². The number of H-pyrrole nitrogens is 1. The Balaban J connectivity index is 1.68. The minimum atomic E-state index is 0.0678. The fraction of sp³-hybridized carbons (Fsp3) is 0.550. The van der Waals surface area contributed by atoms with E-state index in [1.807, 2.05) is 11.8 Å². The van der Waals surface area contributed by atoms with Gasteiger partial charge in [-0.1, -0.05) is 12.1 Å². The highest BCUT2D eigenvalue weighted by Crippen LogP contribution is 2.43. The minimum Gasteiger partial charge on any atom is -0.361 e. The van der Waals surface area contributed by atoms with E-state index in [0.717, 1.165) is 25.9 Å². The van der Waals surface area contributed by atoms with Gasteiger partial charge in [0.15, 0.2) is 0 Å². The third-order valence-electron chi connectivity index (χ3n) is 6.07. The first-order valence-electron chi connectivity index (χ1n) is 9.47. The maximum atomic E-state index is 12.5. The summed E-state index contributed by atoms with van der Waals surface area (Å²) in [6.45, 7) is 6.43. The molecule has 1 saturated heterocycles. The molecule has 5 heteroatoms. The number of hydrogen-bond donors (Lipinski definition) is 2. The molecule has 25 heavy (non-hydrogen) atoms. The van der Waals surface area contributed by atoms with Crippen LogP contribution in [-0.4, -0.2) is 59.6 Å². The van der Waals surface area contributed by atoms with Crippen molar-refractivity contribution in [3.8, 4) is 0 Å². The summed E-state index contributed by atoms with van der Waals surface area (Å²) in [6, 6.07) is 7.47. The monoisotopic (exact) mass is 340 g/mol. The zero-order chi connectivity index (χ0) is 17.6. The Hall–Kier alpha value is -2.01. The summed E-state index contributed by atoms with van der Waals surface area (Å²) in [6.07, 6.45) is 4.32. The highest BCUT2D eigenvalue weighted by Gasteiger charge is 2.41. The number of piperidine rings is 1. The number of urea groups is 1. The molecule has 0 spiro atoms. The lowest BCUT2D eigenvalue weighted by molar-refractivity contribution is 0.0770. The summed E-state index contributed by atoms with van der Waals surface area (Å²) in [5.74, 6) is 0.485. The first kappa shape index (κ1) is 16.5. The van der Waals surface area contributed by atoms with Crippen LogP contribution in [0.25, 0.3) is 10.9 Å². The van der Waals surface area contributed by atoms with E-state index in [2.05, 4.69) is 53.6 Å². The highest BCUT2D eigenvalue weighted by molar-refractivity contribution is 5.88. The van der Waals surface area contributed by atoms with Crippen LogP contribution >= 0.6 is 0 Å². The van der Waals surface area contributed by atoms with Crippen LogP contribution in [0.15, 0.2) is 24.4 Å². The molecule has 1 unspecified atom stereocenters. The molecule has 1 aromatic carbocycles. The number of carbonyl (C=O) groups excluding carboxylic acids is 1. The number of amides is 2. The second-order valence-electron chi connectivity index (χ2n) is 7.41. The molecule has 5 nitrogen and oxygen atoms in total. The lowest BCUT2D eigenvalue weighted by Crippen LogP contribution is -2.57. The molecule has 0 bridgehead atoms. The molecular weight excluding hydrogens is 312 g/mol. The predicted molar refractivity (Wildman–Crippen MR) is 101 cm³/mol. The van der Waals surface area contributed by atoms with Gasteiger partial charge >= 0.3 is 6.03 Å². The van der Waals surface area contributed by atoms with Crippen LogP contribution in [0.2, 0.25) is 0 Å². The fourth-order valence-electron chi connectivity index (χ4n) is 4.96. The predicted octanol–water partition coefficient (Wildman–Crippen LogP) is 2.93. The molecule has 1 aromatic heterocycles. The van der Waals surface area contributed by atoms with E-state index in [9.17, 15) is 4.79 Å². The topological polar surface area (TPSA) is 51.4 Å². The van der Waals surface area contributed by atoms with E-state index in [0.29, 0.717) is 18.5 Å². The van der Waals surface area contributed by atoms with Gasteiger partial charge in [0.2, 0.25) is 0 Å². The van der Waals surface area contributed by atoms with Gasteiger partial charge in [0, 0.05) is 54.7 Å². The Labute approximate surface area is 149 Å². The maximum absolute atomic E-state index is 12.5. The van der Waals surface area contributed by atoms with E-state index >= 15 is 0 Å². The van der Waals surface area contributed by atoms with Crippen molar-refractivity contribution >= 4 is 16.9 Å². The van der Waals surface area contributed by atoms with Crippen LogP contribution < -0.4 is 5.32 Å². The number of likely N-dealkylation sites (tertiary alicyclic amines) is 1. The summed E-state index contributed by atoms with van der Waals surface area (Å²) in [7, 11) is 2.22. The lowest BCUT2D eigenvalue weighted by atomic mass is 9.74. The zero-order valence-corrected chi connectivity index (χ0v) is 15.4. The lowest BCUT2D eigenvalue weighted by Gasteiger charge is -2.48. The second-order valence-corrected chi connectivity index (χ2v) is 7.41. The summed E-state index contributed by atoms with van der Waals surface area (Å²) in [4.78, 5) is 20.4. The molecule has 2 aromatic rings. The van der Waals surface area contributed by atoms with Crippen molar-refractivity contribution in [2.24, 2.45) is 0 Å². The van der Waals surface area contributed by atoms with Crippen molar-refractivity contribution in [1.29, 1.82) is 0 Å². The van der Waals surface area contributed by atoms with Gasteiger partial charge in [0.25, 0.3) is 0 Å². The van der Waals surface area contributed by atoms with Gasteiger partial charge < -0.3 is 20.1 Å². The number of likely N-dealkylation sites (N-methyl/N-ethyl adjacent to an activating group) is 2. The largest absolute Gasteiger partial charge is 0.361 e. The fourth-order valence-corrected chi connectivity index (χ4v) is 4.96. The Morgan fingerprint density at radius 3 is 3.00 bits per heavy atom. The number of rotatable bonds is 3. The quantitative estimate of drug-likeness (QED) is 0.903. The van der Waals surface area contributed by atoms with Crippen molar-refractivity contribution < 1.29 is 4.79 Å². The van der Waals surface area contributed by atoms with Crippen molar-refractivity contribution in [1.82, 2.24) is 20.1 Å². The average Bonchev–Trinajstić information content (AvgIpc) is 3.01. The molecular formula is C20H28N4O. The molecule has 2 aliphatic rings. The van der Waals surface area contributed by atoms with E-state index in [1.165, 1.54) is 22.0 Å². The van der Waals surface area contributed by atoms with Crippen molar-refractivity contribution in [3.63, 3.8) is 0 Å². The minimum absolute atomic E-state index is 0.0678. The molecule has 4 rings (SSSR count). The number of carbonyl (C=O) groups is 1. The van der Waals surface area contributed by atoms with Crippen molar-refractivity contribution in [2.75, 3.05) is 26.7 Å². The molecule has 2 N–H and O–H groups in total. The maximum Gasteiger partial charge on any atom is 0.317 e. The number of aromatic nitrogens is 1. The van der Waals surface area contributed by atoms with Crippen LogP contribution in [0.1, 0.15) is 37.3 Å². The third-order valence-corrected chi connectivity index (χ3v) is 6.07. The summed E-state index contributed by atoms with van der Waals surface area (Å²) >= 11 is 0. The standard InChI is InChI=1S/C20H28N4O/c1-4-21-20(25)24(5-2)14-10-16-15-7-6-8-17-19(15)13(11-22-17)9-18(16)23(3)12-14/h6-8,11,14,16,18,22H,4-5,9-10,12H2,1-3H3,(H,21,25)/t14?,16-,18-/m1/s1. The molecule has 1 aliphatic heterocycles. The molecule has 134 valence electrons. The summed E-state index contributed by atoms with van der Waals surface area (Å²) in [5, 5.41) is 4.39. The average molecular weight is 340 g/mol. The van der Waals surface area contributed by atoms with Gasteiger partial charge in [-0.15, -0.1) is 0 Å². The molecule has 2 heterocycles. The van der Waals surface area contributed by atoms with E-state index in [-0.39, 0.29) is 12.1 Å². The number of hydrogen-bond acceptors (Lipinski definition) is 2. The van der Waals surface area contributed by atoms with E-state index in [4.69, 9.17) is 0 Å². The van der Waals surface area contributed by atoms with Crippen molar-refractivity contribution in [3.05, 3.63) is 35.5 Å². The molecule has 3 atom stereocenters. The highest BCUT2D eigenvalue weighted by atomic mass is 16.2. The Morgan fingerprint density at radius 2 is 2.24 bits per heavy atom. The number of benzene rings is 1. The molecule has 1 fully saturated rings. The van der Waals surface area contributed by atoms with Gasteiger partial charge in [0.05, 0.1) is 0 Å². The Bertz CT molecular complexity index is 783. The van der Waals surface area contributed by atoms with E-state index in [1.54, 1.807) is 0 Å². The molecule has 2 amide bonds. The van der Waals surface area contributed by atoms with E-state index < -0.39 is 0 Å². The number of nitrogens with zero attached hydrogens (tertiary/aromatic N) is 2. The van der Waals surface area contributed by atoms with Crippen LogP contribution in [0.3, 0.4) is 0 Å². The van der Waals surface area contributed by atoms with Gasteiger partial charge in [-0.25, -0.2) is 4.79 Å². The van der Waals surface area contributed by atoms with Gasteiger partial charge in [0.1, 0.15) is 0 Å². The van der Waals surface area contributed by atoms with Crippen LogP contribution in [0, 0.1) is 0 Å². The Kier molecular flexibility index (Phi) is 4.20. The molecule has 1 aliphatic carbocycles. The van der Waals surface area contributed by atoms with Crippen molar-refractivity contribution in [2.45, 2.75) is 44.7 Å². The van der Waals surface area contributed by atoms with Gasteiger partial charge in [-0.05, 0) is 50.9 Å². The Morgan fingerprint density at radius 1 is 1.40 bits per heavy atom. The third kappa shape index (κ3) is 2.61. The molecule has 0 radical (unpaired) electrons. The van der Waals surface area contributed by atoms with Gasteiger partial charge in [-0.2, -0.15) is 0 Å². The number of fused-ring (bicyclic) bond motifs is 2. The number of nitrogens with one attached hydrogen (secondary N) is 2. The SMILES string of the molecule is CCNC(=O)N(CC)C1C[C@@H]2c3cccc4[nH]cc(c34)C[C@H]2N(C)C1. The summed E-state index contributed by atoms with van der Waals surface area (Å²) < 4.78 is 0. The smallest absolute Gasteiger partial charge is 0.317 e. The molecule has 0 saturated carbocycles. The van der Waals surface area contributed by atoms with Gasteiger partial charge in [-0.3, -0.25) is 0 Å². The first-order valence-corrected chi connectivity index (χ1v) is 9.47. The van der Waals surface area contributed by atoms with Crippen LogP contribution in [0.5, 0.6) is 0 Å². The summed E-state index contributed by atoms with van der Waals surface area (Å²) in [5.41, 5.74) is 4.13.